The summed E-state index contributed by atoms with van der Waals surface area (Å²) in [6, 6.07) is 11.6. The van der Waals surface area contributed by atoms with Crippen molar-refractivity contribution in [3.8, 4) is 16.3 Å². The number of benzene rings is 1. The Balaban J connectivity index is 1.50. The van der Waals surface area contributed by atoms with Gasteiger partial charge in [-0.2, -0.15) is 5.10 Å². The van der Waals surface area contributed by atoms with E-state index in [1.165, 1.54) is 11.3 Å². The summed E-state index contributed by atoms with van der Waals surface area (Å²) in [4.78, 5) is 17.4. The molecule has 0 aliphatic carbocycles. The molecule has 29 heavy (non-hydrogen) atoms. The normalized spacial score (nSPS) is 14.8. The SMILES string of the molecule is COc1cc(N2CCN(C)CC2)ccc1Nc1cc(-c2ccc(C(N)=O)s2)[nH]n1. The number of H-pyrrole nitrogens is 1. The zero-order valence-corrected chi connectivity index (χ0v) is 17.3. The van der Waals surface area contributed by atoms with E-state index in [1.807, 2.05) is 18.2 Å². The second-order valence-corrected chi connectivity index (χ2v) is 8.08. The van der Waals surface area contributed by atoms with E-state index in [4.69, 9.17) is 10.5 Å². The van der Waals surface area contributed by atoms with Gasteiger partial charge in [0.15, 0.2) is 5.82 Å². The van der Waals surface area contributed by atoms with Crippen LogP contribution >= 0.6 is 11.3 Å². The molecule has 4 rings (SSSR count). The standard InChI is InChI=1S/C20H24N6O2S/c1-25-7-9-26(10-8-25)13-3-4-14(16(11-13)28-2)22-19-12-15(23-24-19)17-5-6-18(29-17)20(21)27/h3-6,11-12H,7-10H2,1-2H3,(H2,21,27)(H2,22,23,24). The van der Waals surface area contributed by atoms with Crippen LogP contribution in [0.5, 0.6) is 5.75 Å². The van der Waals surface area contributed by atoms with Gasteiger partial charge in [-0.05, 0) is 31.3 Å². The molecule has 0 unspecified atom stereocenters. The van der Waals surface area contributed by atoms with Crippen LogP contribution in [0.4, 0.5) is 17.2 Å². The fourth-order valence-electron chi connectivity index (χ4n) is 3.31. The number of amides is 1. The Bertz CT molecular complexity index is 1010. The van der Waals surface area contributed by atoms with Crippen LogP contribution in [0.3, 0.4) is 0 Å². The Labute approximate surface area is 173 Å². The third kappa shape index (κ3) is 4.20. The molecule has 8 nitrogen and oxygen atoms in total. The first-order valence-electron chi connectivity index (χ1n) is 9.37. The number of aromatic nitrogens is 2. The van der Waals surface area contributed by atoms with Crippen LogP contribution in [-0.4, -0.2) is 61.3 Å². The minimum Gasteiger partial charge on any atom is -0.494 e. The molecule has 1 amide bonds. The van der Waals surface area contributed by atoms with Crippen molar-refractivity contribution in [1.82, 2.24) is 15.1 Å². The van der Waals surface area contributed by atoms with Crippen molar-refractivity contribution in [2.24, 2.45) is 5.73 Å². The van der Waals surface area contributed by atoms with Gasteiger partial charge >= 0.3 is 0 Å². The molecule has 3 aromatic rings. The molecule has 9 heteroatoms. The number of piperazine rings is 1. The number of nitrogens with zero attached hydrogens (tertiary/aromatic N) is 3. The number of thiophene rings is 1. The fourth-order valence-corrected chi connectivity index (χ4v) is 4.13. The summed E-state index contributed by atoms with van der Waals surface area (Å²) >= 11 is 1.33. The molecule has 1 aromatic carbocycles. The van der Waals surface area contributed by atoms with E-state index in [1.54, 1.807) is 13.2 Å². The van der Waals surface area contributed by atoms with Gasteiger partial charge in [-0.25, -0.2) is 0 Å². The lowest BCUT2D eigenvalue weighted by molar-refractivity contribution is 0.100. The summed E-state index contributed by atoms with van der Waals surface area (Å²) in [5.74, 6) is 1.00. The molecule has 0 saturated carbocycles. The average Bonchev–Trinajstić information content (AvgIpc) is 3.38. The first kappa shape index (κ1) is 19.3. The molecular formula is C20H24N6O2S. The Kier molecular flexibility index (Phi) is 5.41. The van der Waals surface area contributed by atoms with Gasteiger partial charge in [0.2, 0.25) is 0 Å². The number of hydrogen-bond donors (Lipinski definition) is 3. The summed E-state index contributed by atoms with van der Waals surface area (Å²) < 4.78 is 5.60. The van der Waals surface area contributed by atoms with E-state index in [0.717, 1.165) is 53.9 Å². The van der Waals surface area contributed by atoms with Crippen molar-refractivity contribution >= 4 is 34.4 Å². The van der Waals surface area contributed by atoms with Gasteiger partial charge in [-0.15, -0.1) is 11.3 Å². The number of nitrogens with two attached hydrogens (primary N) is 1. The van der Waals surface area contributed by atoms with E-state index in [0.29, 0.717) is 10.7 Å². The molecule has 1 saturated heterocycles. The highest BCUT2D eigenvalue weighted by Crippen LogP contribution is 2.33. The van der Waals surface area contributed by atoms with Gasteiger partial charge < -0.3 is 25.6 Å². The zero-order valence-electron chi connectivity index (χ0n) is 16.4. The molecule has 1 aliphatic rings. The average molecular weight is 413 g/mol. The highest BCUT2D eigenvalue weighted by molar-refractivity contribution is 7.17. The Hall–Kier alpha value is -3.04. The quantitative estimate of drug-likeness (QED) is 0.576. The van der Waals surface area contributed by atoms with Crippen LogP contribution in [-0.2, 0) is 0 Å². The van der Waals surface area contributed by atoms with Crippen LogP contribution in [0.15, 0.2) is 36.4 Å². The van der Waals surface area contributed by atoms with E-state index in [2.05, 4.69) is 44.5 Å². The number of ether oxygens (including phenoxy) is 1. The van der Waals surface area contributed by atoms with Crippen LogP contribution in [0.1, 0.15) is 9.67 Å². The van der Waals surface area contributed by atoms with Crippen molar-refractivity contribution in [2.75, 3.05) is 50.6 Å². The number of aromatic amines is 1. The number of rotatable bonds is 6. The molecular weight excluding hydrogens is 388 g/mol. The summed E-state index contributed by atoms with van der Waals surface area (Å²) in [7, 11) is 3.81. The fraction of sp³-hybridized carbons (Fsp3) is 0.300. The van der Waals surface area contributed by atoms with Crippen LogP contribution in [0.2, 0.25) is 0 Å². The minimum atomic E-state index is -0.427. The maximum Gasteiger partial charge on any atom is 0.258 e. The van der Waals surface area contributed by atoms with Crippen LogP contribution < -0.4 is 20.7 Å². The molecule has 152 valence electrons. The smallest absolute Gasteiger partial charge is 0.258 e. The Morgan fingerprint density at radius 2 is 2.00 bits per heavy atom. The van der Waals surface area contributed by atoms with Crippen LogP contribution in [0, 0.1) is 0 Å². The molecule has 0 spiro atoms. The molecule has 0 atom stereocenters. The predicted molar refractivity (Wildman–Crippen MR) is 116 cm³/mol. The summed E-state index contributed by atoms with van der Waals surface area (Å²) in [5, 5.41) is 10.6. The van der Waals surface area contributed by atoms with Crippen LogP contribution in [0.25, 0.3) is 10.6 Å². The highest BCUT2D eigenvalue weighted by atomic mass is 32.1. The molecule has 4 N–H and O–H groups in total. The summed E-state index contributed by atoms with van der Waals surface area (Å²) in [6.07, 6.45) is 0. The van der Waals surface area contributed by atoms with Gasteiger partial charge in [0.05, 0.1) is 28.2 Å². The molecule has 1 fully saturated rings. The van der Waals surface area contributed by atoms with Gasteiger partial charge in [0, 0.05) is 44.0 Å². The van der Waals surface area contributed by atoms with E-state index < -0.39 is 5.91 Å². The largest absolute Gasteiger partial charge is 0.494 e. The molecule has 0 bridgehead atoms. The van der Waals surface area contributed by atoms with E-state index in [9.17, 15) is 4.79 Å². The third-order valence-electron chi connectivity index (χ3n) is 5.01. The Morgan fingerprint density at radius 3 is 2.69 bits per heavy atom. The number of carbonyl (C=O) groups excluding carboxylic acids is 1. The lowest BCUT2D eigenvalue weighted by Crippen LogP contribution is -2.44. The number of primary amides is 1. The van der Waals surface area contributed by atoms with Crippen molar-refractivity contribution in [1.29, 1.82) is 0 Å². The van der Waals surface area contributed by atoms with Gasteiger partial charge in [0.25, 0.3) is 5.91 Å². The second kappa shape index (κ2) is 8.14. The maximum absolute atomic E-state index is 11.3. The third-order valence-corrected chi connectivity index (χ3v) is 6.14. The second-order valence-electron chi connectivity index (χ2n) is 6.99. The highest BCUT2D eigenvalue weighted by Gasteiger charge is 2.16. The molecule has 3 heterocycles. The van der Waals surface area contributed by atoms with E-state index >= 15 is 0 Å². The topological polar surface area (TPSA) is 99.5 Å². The van der Waals surface area contributed by atoms with E-state index in [-0.39, 0.29) is 0 Å². The zero-order chi connectivity index (χ0) is 20.4. The lowest BCUT2D eigenvalue weighted by Gasteiger charge is -2.34. The first-order valence-corrected chi connectivity index (χ1v) is 10.2. The van der Waals surface area contributed by atoms with Crippen molar-refractivity contribution in [3.05, 3.63) is 41.3 Å². The lowest BCUT2D eigenvalue weighted by atomic mass is 10.2. The number of carbonyl (C=O) groups is 1. The number of anilines is 3. The predicted octanol–water partition coefficient (Wildman–Crippen LogP) is 2.74. The van der Waals surface area contributed by atoms with Gasteiger partial charge in [-0.1, -0.05) is 0 Å². The number of likely N-dealkylation sites (N-methyl/N-ethyl adjacent to an activating group) is 1. The van der Waals surface area contributed by atoms with Crippen molar-refractivity contribution in [2.45, 2.75) is 0 Å². The number of nitrogens with one attached hydrogen (secondary N) is 2. The minimum absolute atomic E-state index is 0.427. The number of methoxy groups -OCH3 is 1. The molecule has 0 radical (unpaired) electrons. The van der Waals surface area contributed by atoms with Gasteiger partial charge in [-0.3, -0.25) is 9.89 Å². The monoisotopic (exact) mass is 412 g/mol. The van der Waals surface area contributed by atoms with Crippen molar-refractivity contribution < 1.29 is 9.53 Å². The maximum atomic E-state index is 11.3. The van der Waals surface area contributed by atoms with Gasteiger partial charge in [0.1, 0.15) is 5.75 Å². The summed E-state index contributed by atoms with van der Waals surface area (Å²) in [6.45, 7) is 4.11. The molecule has 1 aliphatic heterocycles. The van der Waals surface area contributed by atoms with Crippen molar-refractivity contribution in [3.63, 3.8) is 0 Å². The first-order chi connectivity index (χ1) is 14.0. The summed E-state index contributed by atoms with van der Waals surface area (Å²) in [5.41, 5.74) is 8.14. The number of hydrogen-bond acceptors (Lipinski definition) is 7. The Morgan fingerprint density at radius 1 is 1.21 bits per heavy atom. The molecule has 2 aromatic heterocycles.